The molecular formula is C23H32N4O7. The third-order valence-electron chi connectivity index (χ3n) is 4.96. The highest BCUT2D eigenvalue weighted by atomic mass is 16.5. The third-order valence-corrected chi connectivity index (χ3v) is 4.96. The molecule has 0 saturated heterocycles. The Bertz CT molecular complexity index is 919. The van der Waals surface area contributed by atoms with Crippen LogP contribution in [0.1, 0.15) is 30.0 Å². The molecule has 34 heavy (non-hydrogen) atoms. The molecule has 0 radical (unpaired) electrons. The molecule has 0 heterocycles. The van der Waals surface area contributed by atoms with Gasteiger partial charge < -0.3 is 30.9 Å². The van der Waals surface area contributed by atoms with Crippen LogP contribution in [-0.2, 0) is 25.5 Å². The fourth-order valence-corrected chi connectivity index (χ4v) is 3.18. The van der Waals surface area contributed by atoms with Crippen molar-refractivity contribution in [3.05, 3.63) is 54.6 Å². The van der Waals surface area contributed by atoms with E-state index in [0.29, 0.717) is 29.7 Å². The van der Waals surface area contributed by atoms with Gasteiger partial charge in [0.2, 0.25) is 5.91 Å². The summed E-state index contributed by atoms with van der Waals surface area (Å²) in [5, 5.41) is 14.2. The summed E-state index contributed by atoms with van der Waals surface area (Å²) in [6.07, 6.45) is 1.37. The number of esters is 1. The molecule has 1 aromatic carbocycles. The minimum Gasteiger partial charge on any atom is -0.496 e. The molecule has 11 nitrogen and oxygen atoms in total. The van der Waals surface area contributed by atoms with Crippen LogP contribution in [0.25, 0.3) is 0 Å². The maximum absolute atomic E-state index is 13.0. The lowest BCUT2D eigenvalue weighted by molar-refractivity contribution is -0.145. The van der Waals surface area contributed by atoms with Gasteiger partial charge in [0, 0.05) is 7.05 Å². The minimum absolute atomic E-state index is 0.227. The zero-order valence-corrected chi connectivity index (χ0v) is 19.6. The Labute approximate surface area is 198 Å². The lowest BCUT2D eigenvalue weighted by atomic mass is 9.99. The zero-order valence-electron chi connectivity index (χ0n) is 19.6. The number of carboxylic acid groups (broad SMARTS) is 1. The number of nitrogens with one attached hydrogen (secondary N) is 2. The number of hydrogen-bond donors (Lipinski definition) is 4. The molecule has 186 valence electrons. The molecule has 0 aliphatic carbocycles. The van der Waals surface area contributed by atoms with Crippen molar-refractivity contribution in [1.82, 2.24) is 15.5 Å². The van der Waals surface area contributed by atoms with Gasteiger partial charge in [0.1, 0.15) is 17.8 Å². The highest BCUT2D eigenvalue weighted by Crippen LogP contribution is 2.27. The van der Waals surface area contributed by atoms with Gasteiger partial charge in [0.15, 0.2) is 6.17 Å². The molecule has 0 bridgehead atoms. The minimum atomic E-state index is -1.56. The van der Waals surface area contributed by atoms with Crippen LogP contribution in [0.3, 0.4) is 0 Å². The Hall–Kier alpha value is -3.86. The van der Waals surface area contributed by atoms with Gasteiger partial charge in [-0.1, -0.05) is 18.2 Å². The average Bonchev–Trinajstić information content (AvgIpc) is 2.81. The molecule has 11 heteroatoms. The van der Waals surface area contributed by atoms with E-state index in [-0.39, 0.29) is 6.42 Å². The monoisotopic (exact) mass is 476 g/mol. The fourth-order valence-electron chi connectivity index (χ4n) is 3.18. The van der Waals surface area contributed by atoms with Crippen LogP contribution in [0.4, 0.5) is 4.79 Å². The van der Waals surface area contributed by atoms with Crippen molar-refractivity contribution in [2.24, 2.45) is 5.73 Å². The maximum atomic E-state index is 13.0. The van der Waals surface area contributed by atoms with E-state index in [0.717, 1.165) is 4.90 Å². The van der Waals surface area contributed by atoms with Gasteiger partial charge in [0.05, 0.1) is 14.2 Å². The number of rotatable bonds is 13. The van der Waals surface area contributed by atoms with Crippen molar-refractivity contribution < 1.29 is 33.8 Å². The predicted octanol–water partition coefficient (Wildman–Crippen LogP) is 1.10. The maximum Gasteiger partial charge on any atom is 0.407 e. The fraction of sp³-hybridized carbons (Fsp3) is 0.391. The van der Waals surface area contributed by atoms with Gasteiger partial charge in [-0.25, -0.2) is 9.59 Å². The molecule has 0 aliphatic rings. The number of hydrogen-bond acceptors (Lipinski definition) is 7. The topological polar surface area (TPSA) is 160 Å². The van der Waals surface area contributed by atoms with Crippen LogP contribution in [0.2, 0.25) is 0 Å². The number of allylic oxidation sites excluding steroid dienone is 2. The number of benzene rings is 1. The van der Waals surface area contributed by atoms with Gasteiger partial charge in [-0.05, 0) is 42.5 Å². The van der Waals surface area contributed by atoms with Gasteiger partial charge in [-0.3, -0.25) is 14.5 Å². The third kappa shape index (κ3) is 7.62. The Balaban J connectivity index is 3.14. The van der Waals surface area contributed by atoms with E-state index < -0.39 is 42.1 Å². The first-order valence-electron chi connectivity index (χ1n) is 10.4. The van der Waals surface area contributed by atoms with Crippen molar-refractivity contribution in [2.45, 2.75) is 37.5 Å². The first kappa shape index (κ1) is 28.2. The van der Waals surface area contributed by atoms with E-state index >= 15 is 0 Å². The summed E-state index contributed by atoms with van der Waals surface area (Å²) in [7, 11) is 3.89. The predicted molar refractivity (Wildman–Crippen MR) is 125 cm³/mol. The molecule has 0 aliphatic heterocycles. The smallest absolute Gasteiger partial charge is 0.407 e. The largest absolute Gasteiger partial charge is 0.496 e. The van der Waals surface area contributed by atoms with E-state index in [1.807, 2.05) is 0 Å². The first-order chi connectivity index (χ1) is 16.1. The average molecular weight is 477 g/mol. The summed E-state index contributed by atoms with van der Waals surface area (Å²) in [5.41, 5.74) is 6.87. The molecule has 0 saturated carbocycles. The van der Waals surface area contributed by atoms with E-state index in [4.69, 9.17) is 10.5 Å². The molecule has 0 aromatic heterocycles. The molecule has 3 unspecified atom stereocenters. The van der Waals surface area contributed by atoms with Crippen molar-refractivity contribution in [3.8, 4) is 5.75 Å². The Morgan fingerprint density at radius 3 is 2.35 bits per heavy atom. The summed E-state index contributed by atoms with van der Waals surface area (Å²) < 4.78 is 9.96. The first-order valence-corrected chi connectivity index (χ1v) is 10.4. The van der Waals surface area contributed by atoms with Crippen LogP contribution in [0, 0.1) is 0 Å². The Morgan fingerprint density at radius 1 is 1.15 bits per heavy atom. The second-order valence-corrected chi connectivity index (χ2v) is 7.30. The lowest BCUT2D eigenvalue weighted by Crippen LogP contribution is -2.57. The van der Waals surface area contributed by atoms with Gasteiger partial charge in [-0.2, -0.15) is 0 Å². The summed E-state index contributed by atoms with van der Waals surface area (Å²) in [6.45, 7) is 7.25. The number of nitrogens with zero attached hydrogens (tertiary/aromatic N) is 1. The van der Waals surface area contributed by atoms with E-state index in [9.17, 15) is 24.3 Å². The molecule has 0 spiro atoms. The number of methoxy groups -OCH3 is 2. The number of likely N-dealkylation sites (N-methyl/N-ethyl adjacent to an activating group) is 1. The van der Waals surface area contributed by atoms with Gasteiger partial charge in [0.25, 0.3) is 5.91 Å². The van der Waals surface area contributed by atoms with E-state index in [1.165, 1.54) is 21.3 Å². The highest BCUT2D eigenvalue weighted by molar-refractivity contribution is 5.93. The van der Waals surface area contributed by atoms with Crippen molar-refractivity contribution in [1.29, 1.82) is 0 Å². The zero-order chi connectivity index (χ0) is 25.8. The van der Waals surface area contributed by atoms with Crippen LogP contribution >= 0.6 is 0 Å². The summed E-state index contributed by atoms with van der Waals surface area (Å²) >= 11 is 0. The van der Waals surface area contributed by atoms with Crippen molar-refractivity contribution in [3.63, 3.8) is 0 Å². The van der Waals surface area contributed by atoms with Crippen molar-refractivity contribution >= 4 is 23.9 Å². The number of ether oxygens (including phenoxy) is 2. The van der Waals surface area contributed by atoms with Crippen LogP contribution in [0.5, 0.6) is 5.75 Å². The Morgan fingerprint density at radius 2 is 1.82 bits per heavy atom. The highest BCUT2D eigenvalue weighted by Gasteiger charge is 2.32. The molecule has 0 fully saturated rings. The number of amides is 3. The number of carbonyl (C=O) groups excluding carboxylic acids is 3. The Kier molecular flexibility index (Phi) is 11.3. The summed E-state index contributed by atoms with van der Waals surface area (Å²) in [5.74, 6) is -1.80. The number of carbonyl (C=O) groups is 4. The standard InChI is InChI=1S/C23H32N4O7/c1-6-8-10-16(22(30)34-5)25-21(29)19(24)26-20(28)18(27(3)23(31)32)15-11-12-17(33-4)14(13-15)9-7-2/h6-7,11-13,16,18-19H,1-2,8-10,24H2,3-5H3,(H,25,29)(H,26,28)(H,31,32). The van der Waals surface area contributed by atoms with Crippen LogP contribution in [0.15, 0.2) is 43.5 Å². The summed E-state index contributed by atoms with van der Waals surface area (Å²) in [6, 6.07) is 2.47. The second kappa shape index (κ2) is 13.6. The SMILES string of the molecule is C=CCCC(NC(=O)C(N)NC(=O)C(c1ccc(OC)c(CC=C)c1)N(C)C(=O)O)C(=O)OC. The quantitative estimate of drug-likeness (QED) is 0.187. The summed E-state index contributed by atoms with van der Waals surface area (Å²) in [4.78, 5) is 49.9. The van der Waals surface area contributed by atoms with E-state index in [1.54, 1.807) is 30.4 Å². The lowest BCUT2D eigenvalue weighted by Gasteiger charge is -2.27. The molecular weight excluding hydrogens is 444 g/mol. The normalized spacial score (nSPS) is 12.9. The van der Waals surface area contributed by atoms with Crippen LogP contribution in [-0.4, -0.2) is 67.4 Å². The molecule has 1 rings (SSSR count). The van der Waals surface area contributed by atoms with Gasteiger partial charge >= 0.3 is 12.1 Å². The molecule has 5 N–H and O–H groups in total. The van der Waals surface area contributed by atoms with Gasteiger partial charge in [-0.15, -0.1) is 13.2 Å². The number of nitrogens with two attached hydrogens (primary N) is 1. The van der Waals surface area contributed by atoms with Crippen LogP contribution < -0.4 is 21.1 Å². The molecule has 3 amide bonds. The second-order valence-electron chi connectivity index (χ2n) is 7.30. The molecule has 3 atom stereocenters. The molecule has 1 aromatic rings. The van der Waals surface area contributed by atoms with Crippen molar-refractivity contribution in [2.75, 3.05) is 21.3 Å². The van der Waals surface area contributed by atoms with E-state index in [2.05, 4.69) is 28.5 Å².